The zero-order valence-electron chi connectivity index (χ0n) is 18.4. The summed E-state index contributed by atoms with van der Waals surface area (Å²) in [5.74, 6) is 0.694. The molecular formula is C23H25ClN4O4S. The molecule has 2 heterocycles. The molecule has 0 saturated carbocycles. The topological polar surface area (TPSA) is 93.5 Å². The number of carbonyl (C=O) groups excluding carboxylic acids is 1. The Balaban J connectivity index is 1.42. The molecule has 0 radical (unpaired) electrons. The van der Waals surface area contributed by atoms with Crippen LogP contribution < -0.4 is 10.1 Å². The molecule has 174 valence electrons. The van der Waals surface area contributed by atoms with Crippen molar-refractivity contribution >= 4 is 33.3 Å². The van der Waals surface area contributed by atoms with E-state index in [1.807, 2.05) is 19.1 Å². The van der Waals surface area contributed by atoms with Gasteiger partial charge in [-0.05, 0) is 62.2 Å². The van der Waals surface area contributed by atoms with Crippen LogP contribution >= 0.6 is 11.6 Å². The molecular weight excluding hydrogens is 464 g/mol. The highest BCUT2D eigenvalue weighted by Crippen LogP contribution is 2.27. The highest BCUT2D eigenvalue weighted by Gasteiger charge is 2.32. The first-order chi connectivity index (χ1) is 15.8. The summed E-state index contributed by atoms with van der Waals surface area (Å²) in [6.07, 6.45) is 0.872. The fourth-order valence-electron chi connectivity index (χ4n) is 3.88. The number of ether oxygens (including phenoxy) is 1. The van der Waals surface area contributed by atoms with Crippen LogP contribution in [0.4, 0.5) is 5.82 Å². The SMILES string of the molecule is COc1ccc(S(=O)(=O)N2CCC(C(=O)Nc3cc(C)nn3-c3cccc(Cl)c3)CC2)cc1. The first-order valence-corrected chi connectivity index (χ1v) is 12.4. The van der Waals surface area contributed by atoms with Gasteiger partial charge in [0, 0.05) is 30.1 Å². The Hall–Kier alpha value is -2.88. The first-order valence-electron chi connectivity index (χ1n) is 10.6. The zero-order chi connectivity index (χ0) is 23.6. The van der Waals surface area contributed by atoms with E-state index in [2.05, 4.69) is 10.4 Å². The summed E-state index contributed by atoms with van der Waals surface area (Å²) >= 11 is 6.10. The number of hydrogen-bond acceptors (Lipinski definition) is 5. The summed E-state index contributed by atoms with van der Waals surface area (Å²) in [6.45, 7) is 2.40. The van der Waals surface area contributed by atoms with Gasteiger partial charge >= 0.3 is 0 Å². The van der Waals surface area contributed by atoms with Crippen LogP contribution in [0, 0.1) is 12.8 Å². The molecule has 4 rings (SSSR count). The van der Waals surface area contributed by atoms with Crippen molar-refractivity contribution in [3.05, 3.63) is 65.3 Å². The fraction of sp³-hybridized carbons (Fsp3) is 0.304. The molecule has 1 fully saturated rings. The standard InChI is InChI=1S/C23H25ClN4O4S/c1-16-14-22(28(26-16)19-5-3-4-18(24)15-19)25-23(29)17-10-12-27(13-11-17)33(30,31)21-8-6-20(32-2)7-9-21/h3-9,14-15,17H,10-13H2,1-2H3,(H,25,29). The van der Waals surface area contributed by atoms with Crippen LogP contribution in [0.2, 0.25) is 5.02 Å². The lowest BCUT2D eigenvalue weighted by Gasteiger charge is -2.30. The molecule has 0 bridgehead atoms. The van der Waals surface area contributed by atoms with Crippen LogP contribution in [0.15, 0.2) is 59.5 Å². The maximum atomic E-state index is 13.0. The van der Waals surface area contributed by atoms with Crippen molar-refractivity contribution in [2.24, 2.45) is 5.92 Å². The minimum Gasteiger partial charge on any atom is -0.497 e. The third-order valence-electron chi connectivity index (χ3n) is 5.66. The first kappa shape index (κ1) is 23.3. The highest BCUT2D eigenvalue weighted by molar-refractivity contribution is 7.89. The van der Waals surface area contributed by atoms with Crippen molar-refractivity contribution in [3.63, 3.8) is 0 Å². The predicted molar refractivity (Wildman–Crippen MR) is 126 cm³/mol. The molecule has 0 aliphatic carbocycles. The van der Waals surface area contributed by atoms with Crippen LogP contribution in [0.3, 0.4) is 0 Å². The smallest absolute Gasteiger partial charge is 0.243 e. The van der Waals surface area contributed by atoms with Gasteiger partial charge in [-0.2, -0.15) is 9.40 Å². The molecule has 1 amide bonds. The summed E-state index contributed by atoms with van der Waals surface area (Å²) in [4.78, 5) is 13.2. The Morgan fingerprint density at radius 3 is 2.45 bits per heavy atom. The van der Waals surface area contributed by atoms with Crippen molar-refractivity contribution in [1.82, 2.24) is 14.1 Å². The van der Waals surface area contributed by atoms with Crippen molar-refractivity contribution in [2.45, 2.75) is 24.7 Å². The highest BCUT2D eigenvalue weighted by atomic mass is 35.5. The number of anilines is 1. The molecule has 2 aromatic carbocycles. The third-order valence-corrected chi connectivity index (χ3v) is 7.81. The van der Waals surface area contributed by atoms with Crippen molar-refractivity contribution < 1.29 is 17.9 Å². The molecule has 1 aromatic heterocycles. The third kappa shape index (κ3) is 5.05. The second kappa shape index (κ2) is 9.54. The number of aryl methyl sites for hydroxylation is 1. The molecule has 0 spiro atoms. The monoisotopic (exact) mass is 488 g/mol. The van der Waals surface area contributed by atoms with Crippen LogP contribution in [0.25, 0.3) is 5.69 Å². The second-order valence-electron chi connectivity index (χ2n) is 7.91. The van der Waals surface area contributed by atoms with Gasteiger partial charge < -0.3 is 10.1 Å². The van der Waals surface area contributed by atoms with E-state index in [9.17, 15) is 13.2 Å². The van der Waals surface area contributed by atoms with Crippen LogP contribution in [-0.2, 0) is 14.8 Å². The number of benzene rings is 2. The zero-order valence-corrected chi connectivity index (χ0v) is 19.9. The number of nitrogens with one attached hydrogen (secondary N) is 1. The molecule has 1 saturated heterocycles. The van der Waals surface area contributed by atoms with Gasteiger partial charge in [-0.25, -0.2) is 13.1 Å². The number of aromatic nitrogens is 2. The van der Waals surface area contributed by atoms with E-state index in [0.29, 0.717) is 29.4 Å². The van der Waals surface area contributed by atoms with E-state index in [-0.39, 0.29) is 29.8 Å². The van der Waals surface area contributed by atoms with E-state index in [0.717, 1.165) is 11.4 Å². The van der Waals surface area contributed by atoms with E-state index >= 15 is 0 Å². The Kier molecular flexibility index (Phi) is 6.73. The number of halogens is 1. The van der Waals surface area contributed by atoms with Gasteiger partial charge in [0.15, 0.2) is 0 Å². The summed E-state index contributed by atoms with van der Waals surface area (Å²) in [5, 5.41) is 7.98. The number of carbonyl (C=O) groups is 1. The second-order valence-corrected chi connectivity index (χ2v) is 10.3. The van der Waals surface area contributed by atoms with E-state index in [4.69, 9.17) is 16.3 Å². The molecule has 1 aliphatic heterocycles. The van der Waals surface area contributed by atoms with E-state index < -0.39 is 10.0 Å². The molecule has 3 aromatic rings. The van der Waals surface area contributed by atoms with Gasteiger partial charge in [0.25, 0.3) is 0 Å². The fourth-order valence-corrected chi connectivity index (χ4v) is 5.53. The van der Waals surface area contributed by atoms with Gasteiger partial charge in [0.2, 0.25) is 15.9 Å². The molecule has 0 unspecified atom stereocenters. The minimum atomic E-state index is -3.62. The summed E-state index contributed by atoms with van der Waals surface area (Å²) in [7, 11) is -2.09. The molecule has 33 heavy (non-hydrogen) atoms. The lowest BCUT2D eigenvalue weighted by atomic mass is 9.97. The Morgan fingerprint density at radius 1 is 1.12 bits per heavy atom. The molecule has 1 N–H and O–H groups in total. The average Bonchev–Trinajstić information content (AvgIpc) is 3.19. The molecule has 1 aliphatic rings. The number of piperidine rings is 1. The van der Waals surface area contributed by atoms with Crippen LogP contribution in [0.5, 0.6) is 5.75 Å². The number of amides is 1. The summed E-state index contributed by atoms with van der Waals surface area (Å²) in [5.41, 5.74) is 1.50. The van der Waals surface area contributed by atoms with Crippen molar-refractivity contribution in [2.75, 3.05) is 25.5 Å². The quantitative estimate of drug-likeness (QED) is 0.568. The maximum Gasteiger partial charge on any atom is 0.243 e. The maximum absolute atomic E-state index is 13.0. The van der Waals surface area contributed by atoms with Crippen molar-refractivity contribution in [3.8, 4) is 11.4 Å². The lowest BCUT2D eigenvalue weighted by molar-refractivity contribution is -0.120. The van der Waals surface area contributed by atoms with E-state index in [1.165, 1.54) is 23.5 Å². The van der Waals surface area contributed by atoms with Gasteiger partial charge in [-0.3, -0.25) is 4.79 Å². The van der Waals surface area contributed by atoms with Crippen LogP contribution in [-0.4, -0.2) is 48.6 Å². The summed E-state index contributed by atoms with van der Waals surface area (Å²) < 4.78 is 34.1. The van der Waals surface area contributed by atoms with E-state index in [1.54, 1.807) is 35.0 Å². The number of methoxy groups -OCH3 is 1. The number of sulfonamides is 1. The van der Waals surface area contributed by atoms with Gasteiger partial charge in [0.1, 0.15) is 11.6 Å². The number of rotatable bonds is 6. The van der Waals surface area contributed by atoms with Gasteiger partial charge in [0.05, 0.1) is 23.4 Å². The molecule has 10 heteroatoms. The Labute approximate surface area is 198 Å². The number of nitrogens with zero attached hydrogens (tertiary/aromatic N) is 3. The Bertz CT molecular complexity index is 1250. The van der Waals surface area contributed by atoms with Crippen LogP contribution in [0.1, 0.15) is 18.5 Å². The largest absolute Gasteiger partial charge is 0.497 e. The van der Waals surface area contributed by atoms with Gasteiger partial charge in [-0.15, -0.1) is 0 Å². The Morgan fingerprint density at radius 2 is 1.82 bits per heavy atom. The van der Waals surface area contributed by atoms with Crippen molar-refractivity contribution in [1.29, 1.82) is 0 Å². The summed E-state index contributed by atoms with van der Waals surface area (Å²) in [6, 6.07) is 15.3. The molecule has 0 atom stereocenters. The predicted octanol–water partition coefficient (Wildman–Crippen LogP) is 3.88. The normalized spacial score (nSPS) is 15.4. The molecule has 8 nitrogen and oxygen atoms in total. The number of hydrogen-bond donors (Lipinski definition) is 1. The minimum absolute atomic E-state index is 0.153. The lowest BCUT2D eigenvalue weighted by Crippen LogP contribution is -2.41. The van der Waals surface area contributed by atoms with Gasteiger partial charge in [-0.1, -0.05) is 17.7 Å². The average molecular weight is 489 g/mol.